The number of likely N-dealkylation sites (tertiary alicyclic amines) is 1. The molecule has 0 spiro atoms. The summed E-state index contributed by atoms with van der Waals surface area (Å²) in [6.07, 6.45) is 3.11. The zero-order valence-electron chi connectivity index (χ0n) is 12.7. The fourth-order valence-corrected chi connectivity index (χ4v) is 4.46. The van der Waals surface area contributed by atoms with Gasteiger partial charge in [0.2, 0.25) is 0 Å². The third kappa shape index (κ3) is 2.38. The number of rotatable bonds is 2. The summed E-state index contributed by atoms with van der Waals surface area (Å²) in [6, 6.07) is 7.64. The van der Waals surface area contributed by atoms with E-state index in [1.807, 2.05) is 36.1 Å². The van der Waals surface area contributed by atoms with Crippen LogP contribution in [0.3, 0.4) is 0 Å². The van der Waals surface area contributed by atoms with E-state index in [4.69, 9.17) is 16.3 Å². The van der Waals surface area contributed by atoms with Crippen LogP contribution in [0.2, 0.25) is 5.02 Å². The Kier molecular flexibility index (Phi) is 3.54. The van der Waals surface area contributed by atoms with Gasteiger partial charge in [-0.3, -0.25) is 0 Å². The molecule has 4 rings (SSSR count). The molecular formula is C17H21ClN2O2. The first-order valence-corrected chi connectivity index (χ1v) is 8.46. The molecule has 2 amide bonds. The van der Waals surface area contributed by atoms with Gasteiger partial charge in [0.1, 0.15) is 0 Å². The van der Waals surface area contributed by atoms with Gasteiger partial charge in [-0.25, -0.2) is 4.79 Å². The van der Waals surface area contributed by atoms with Crippen molar-refractivity contribution < 1.29 is 9.53 Å². The molecule has 118 valence electrons. The summed E-state index contributed by atoms with van der Waals surface area (Å²) < 4.78 is 5.96. The second-order valence-corrected chi connectivity index (χ2v) is 7.19. The Labute approximate surface area is 135 Å². The average Bonchev–Trinajstić information content (AvgIpc) is 3.19. The van der Waals surface area contributed by atoms with Gasteiger partial charge < -0.3 is 15.0 Å². The lowest BCUT2D eigenvalue weighted by Gasteiger charge is -2.22. The van der Waals surface area contributed by atoms with Gasteiger partial charge >= 0.3 is 6.03 Å². The summed E-state index contributed by atoms with van der Waals surface area (Å²) >= 11 is 6.02. The lowest BCUT2D eigenvalue weighted by Crippen LogP contribution is -2.40. The van der Waals surface area contributed by atoms with Crippen LogP contribution in [-0.2, 0) is 4.74 Å². The molecule has 0 unspecified atom stereocenters. The first-order valence-electron chi connectivity index (χ1n) is 8.08. The monoisotopic (exact) mass is 320 g/mol. The number of halogens is 1. The Morgan fingerprint density at radius 3 is 2.64 bits per heavy atom. The van der Waals surface area contributed by atoms with Crippen LogP contribution < -0.4 is 5.32 Å². The smallest absolute Gasteiger partial charge is 0.317 e. The van der Waals surface area contributed by atoms with Gasteiger partial charge in [0, 0.05) is 29.9 Å². The van der Waals surface area contributed by atoms with Crippen molar-refractivity contribution in [3.8, 4) is 0 Å². The number of benzene rings is 1. The summed E-state index contributed by atoms with van der Waals surface area (Å²) in [6.45, 7) is 3.66. The Balaban J connectivity index is 1.39. The molecule has 1 aromatic rings. The van der Waals surface area contributed by atoms with Gasteiger partial charge in [0.25, 0.3) is 0 Å². The van der Waals surface area contributed by atoms with E-state index in [2.05, 4.69) is 5.32 Å². The number of carbonyl (C=O) groups is 1. The molecule has 0 aromatic heterocycles. The maximum Gasteiger partial charge on any atom is 0.317 e. The highest BCUT2D eigenvalue weighted by atomic mass is 35.5. The minimum Gasteiger partial charge on any atom is -0.374 e. The van der Waals surface area contributed by atoms with Crippen LogP contribution >= 0.6 is 11.6 Å². The van der Waals surface area contributed by atoms with Crippen molar-refractivity contribution in [3.05, 3.63) is 34.9 Å². The zero-order valence-corrected chi connectivity index (χ0v) is 13.4. The summed E-state index contributed by atoms with van der Waals surface area (Å²) in [7, 11) is 0. The summed E-state index contributed by atoms with van der Waals surface area (Å²) in [5.74, 6) is 1.09. The van der Waals surface area contributed by atoms with Gasteiger partial charge in [-0.05, 0) is 37.5 Å². The normalized spacial score (nSPS) is 33.8. The molecular weight excluding hydrogens is 300 g/mol. The van der Waals surface area contributed by atoms with E-state index in [0.717, 1.165) is 18.7 Å². The minimum absolute atomic E-state index is 0.0290. The highest BCUT2D eigenvalue weighted by Gasteiger charge is 2.53. The van der Waals surface area contributed by atoms with Gasteiger partial charge in [-0.2, -0.15) is 0 Å². The van der Waals surface area contributed by atoms with E-state index in [9.17, 15) is 4.79 Å². The number of carbonyl (C=O) groups excluding carboxylic acids is 1. The third-order valence-electron chi connectivity index (χ3n) is 5.43. The third-order valence-corrected chi connectivity index (χ3v) is 5.66. The predicted molar refractivity (Wildman–Crippen MR) is 84.8 cm³/mol. The van der Waals surface area contributed by atoms with E-state index >= 15 is 0 Å². The number of hydrogen-bond donors (Lipinski definition) is 1. The quantitative estimate of drug-likeness (QED) is 0.909. The summed E-state index contributed by atoms with van der Waals surface area (Å²) in [4.78, 5) is 14.5. The average molecular weight is 321 g/mol. The van der Waals surface area contributed by atoms with Crippen molar-refractivity contribution in [2.75, 3.05) is 13.1 Å². The fourth-order valence-electron chi connectivity index (χ4n) is 4.26. The molecule has 3 aliphatic rings. The van der Waals surface area contributed by atoms with Crippen molar-refractivity contribution in [1.29, 1.82) is 0 Å². The lowest BCUT2D eigenvalue weighted by molar-refractivity contribution is 0.0737. The number of hydrogen-bond acceptors (Lipinski definition) is 2. The Hall–Kier alpha value is -1.26. The molecule has 3 fully saturated rings. The van der Waals surface area contributed by atoms with Gasteiger partial charge in [0.05, 0.1) is 18.2 Å². The van der Waals surface area contributed by atoms with Crippen LogP contribution in [0.15, 0.2) is 24.3 Å². The van der Waals surface area contributed by atoms with Crippen LogP contribution in [-0.4, -0.2) is 36.2 Å². The molecule has 1 N–H and O–H groups in total. The van der Waals surface area contributed by atoms with Gasteiger partial charge in [-0.15, -0.1) is 0 Å². The molecule has 0 aliphatic carbocycles. The molecule has 3 heterocycles. The van der Waals surface area contributed by atoms with E-state index in [0.29, 0.717) is 29.1 Å². The lowest BCUT2D eigenvalue weighted by atomic mass is 9.82. The molecule has 22 heavy (non-hydrogen) atoms. The molecule has 5 heteroatoms. The Morgan fingerprint density at radius 2 is 2.00 bits per heavy atom. The SMILES string of the molecule is C[C@H](NC(=O)N1C[C@H]2[C@H](C1)[C@H]1CC[C@H]2O1)c1cccc(Cl)c1. The maximum atomic E-state index is 12.5. The maximum absolute atomic E-state index is 12.5. The zero-order chi connectivity index (χ0) is 15.3. The highest BCUT2D eigenvalue weighted by molar-refractivity contribution is 6.30. The van der Waals surface area contributed by atoms with Gasteiger partial charge in [-0.1, -0.05) is 23.7 Å². The van der Waals surface area contributed by atoms with Crippen molar-refractivity contribution in [2.24, 2.45) is 11.8 Å². The number of nitrogens with one attached hydrogen (secondary N) is 1. The molecule has 2 bridgehead atoms. The fraction of sp³-hybridized carbons (Fsp3) is 0.588. The standard InChI is InChI=1S/C17H21ClN2O2/c1-10(11-3-2-4-12(18)7-11)19-17(21)20-8-13-14(9-20)16-6-5-15(13)22-16/h2-4,7,10,13-16H,5-6,8-9H2,1H3,(H,19,21)/t10-,13-,14-,15+,16+/m0/s1. The van der Waals surface area contributed by atoms with Crippen LogP contribution in [0.1, 0.15) is 31.4 Å². The number of ether oxygens (including phenoxy) is 1. The van der Waals surface area contributed by atoms with E-state index in [1.54, 1.807) is 0 Å². The van der Waals surface area contributed by atoms with Gasteiger partial charge in [0.15, 0.2) is 0 Å². The Bertz CT molecular complexity index is 576. The number of urea groups is 1. The molecule has 4 nitrogen and oxygen atoms in total. The molecule has 5 atom stereocenters. The largest absolute Gasteiger partial charge is 0.374 e. The van der Waals surface area contributed by atoms with Crippen LogP contribution in [0.5, 0.6) is 0 Å². The van der Waals surface area contributed by atoms with E-state index in [-0.39, 0.29) is 12.1 Å². The van der Waals surface area contributed by atoms with Crippen LogP contribution in [0.25, 0.3) is 0 Å². The highest BCUT2D eigenvalue weighted by Crippen LogP contribution is 2.47. The van der Waals surface area contributed by atoms with Crippen LogP contribution in [0.4, 0.5) is 4.79 Å². The van der Waals surface area contributed by atoms with Crippen LogP contribution in [0, 0.1) is 11.8 Å². The van der Waals surface area contributed by atoms with Crippen molar-refractivity contribution in [2.45, 2.75) is 38.0 Å². The van der Waals surface area contributed by atoms with Crippen molar-refractivity contribution in [3.63, 3.8) is 0 Å². The topological polar surface area (TPSA) is 41.6 Å². The number of fused-ring (bicyclic) bond motifs is 5. The van der Waals surface area contributed by atoms with E-state index in [1.165, 1.54) is 12.8 Å². The molecule has 1 aromatic carbocycles. The molecule has 0 saturated carbocycles. The molecule has 3 saturated heterocycles. The second kappa shape index (κ2) is 5.43. The molecule has 3 aliphatic heterocycles. The van der Waals surface area contributed by atoms with E-state index < -0.39 is 0 Å². The first-order chi connectivity index (χ1) is 10.6. The Morgan fingerprint density at radius 1 is 1.32 bits per heavy atom. The minimum atomic E-state index is -0.0420. The second-order valence-electron chi connectivity index (χ2n) is 6.75. The summed E-state index contributed by atoms with van der Waals surface area (Å²) in [5, 5.41) is 3.79. The van der Waals surface area contributed by atoms with Crippen molar-refractivity contribution in [1.82, 2.24) is 10.2 Å². The number of amides is 2. The first kappa shape index (κ1) is 14.3. The van der Waals surface area contributed by atoms with Crippen molar-refractivity contribution >= 4 is 17.6 Å². The summed E-state index contributed by atoms with van der Waals surface area (Å²) in [5.41, 5.74) is 1.03. The molecule has 0 radical (unpaired) electrons. The number of nitrogens with zero attached hydrogens (tertiary/aromatic N) is 1. The predicted octanol–water partition coefficient (Wildman–Crippen LogP) is 3.22.